The fraction of sp³-hybridized carbons (Fsp3) is 0.562. The second kappa shape index (κ2) is 5.35. The molecule has 0 aliphatic heterocycles. The maximum atomic E-state index is 13.4. The Kier molecular flexibility index (Phi) is 3.75. The number of ketones is 1. The van der Waals surface area contributed by atoms with Crippen molar-refractivity contribution in [2.24, 2.45) is 17.8 Å². The molecule has 2 fully saturated rings. The summed E-state index contributed by atoms with van der Waals surface area (Å²) in [5.41, 5.74) is 0.771. The molecule has 0 N–H and O–H groups in total. The summed E-state index contributed by atoms with van der Waals surface area (Å²) in [6.07, 6.45) is 6.29. The van der Waals surface area contributed by atoms with E-state index >= 15 is 0 Å². The SMILES string of the molecule is O=C(Cc1cccc(F)c1Br)CC1CC2CCC1C2. The Morgan fingerprint density at radius 2 is 2.16 bits per heavy atom. The average molecular weight is 325 g/mol. The monoisotopic (exact) mass is 324 g/mol. The fourth-order valence-electron chi connectivity index (χ4n) is 3.89. The lowest BCUT2D eigenvalue weighted by molar-refractivity contribution is -0.119. The Balaban J connectivity index is 1.61. The first kappa shape index (κ1) is 13.3. The number of hydrogen-bond acceptors (Lipinski definition) is 1. The van der Waals surface area contributed by atoms with Gasteiger partial charge < -0.3 is 0 Å². The van der Waals surface area contributed by atoms with Crippen LogP contribution in [0.3, 0.4) is 0 Å². The van der Waals surface area contributed by atoms with Crippen LogP contribution in [0.5, 0.6) is 0 Å². The Labute approximate surface area is 121 Å². The highest BCUT2D eigenvalue weighted by atomic mass is 79.9. The summed E-state index contributed by atoms with van der Waals surface area (Å²) in [7, 11) is 0. The van der Waals surface area contributed by atoms with E-state index in [4.69, 9.17) is 0 Å². The molecule has 3 unspecified atom stereocenters. The van der Waals surface area contributed by atoms with Crippen molar-refractivity contribution in [1.29, 1.82) is 0 Å². The quantitative estimate of drug-likeness (QED) is 0.795. The van der Waals surface area contributed by atoms with Crippen molar-refractivity contribution in [3.63, 3.8) is 0 Å². The second-order valence-corrected chi connectivity index (χ2v) is 6.86. The van der Waals surface area contributed by atoms with E-state index in [2.05, 4.69) is 15.9 Å². The number of Topliss-reactive ketones (excluding diaryl/α,β-unsaturated/α-hetero) is 1. The zero-order chi connectivity index (χ0) is 13.4. The van der Waals surface area contributed by atoms with Crippen LogP contribution in [-0.2, 0) is 11.2 Å². The summed E-state index contributed by atoms with van der Waals surface area (Å²) in [6, 6.07) is 4.90. The summed E-state index contributed by atoms with van der Waals surface area (Å²) in [6.45, 7) is 0. The van der Waals surface area contributed by atoms with Crippen molar-refractivity contribution in [2.45, 2.75) is 38.5 Å². The number of rotatable bonds is 4. The Morgan fingerprint density at radius 3 is 2.84 bits per heavy atom. The third-order valence-corrected chi connectivity index (χ3v) is 5.68. The van der Waals surface area contributed by atoms with Gasteiger partial charge in [-0.3, -0.25) is 4.79 Å². The largest absolute Gasteiger partial charge is 0.299 e. The van der Waals surface area contributed by atoms with Crippen LogP contribution in [0.25, 0.3) is 0 Å². The minimum atomic E-state index is -0.287. The standard InChI is InChI=1S/C16H18BrFO/c17-16-12(2-1-3-15(16)18)8-14(19)9-13-7-10-4-5-11(13)6-10/h1-3,10-11,13H,4-9H2. The Hall–Kier alpha value is -0.700. The third-order valence-electron chi connectivity index (χ3n) is 4.79. The first-order valence-corrected chi connectivity index (χ1v) is 7.87. The number of hydrogen-bond donors (Lipinski definition) is 0. The van der Waals surface area contributed by atoms with Crippen LogP contribution in [0.2, 0.25) is 0 Å². The van der Waals surface area contributed by atoms with Crippen LogP contribution in [0, 0.1) is 23.6 Å². The molecule has 2 saturated carbocycles. The molecule has 0 radical (unpaired) electrons. The predicted molar refractivity (Wildman–Crippen MR) is 76.4 cm³/mol. The molecule has 1 aromatic rings. The topological polar surface area (TPSA) is 17.1 Å². The van der Waals surface area contributed by atoms with E-state index in [0.717, 1.165) is 17.4 Å². The van der Waals surface area contributed by atoms with Crippen LogP contribution >= 0.6 is 15.9 Å². The molecule has 2 aliphatic carbocycles. The molecule has 0 aromatic heterocycles. The molecule has 0 amide bonds. The molecular formula is C16H18BrFO. The van der Waals surface area contributed by atoms with Gasteiger partial charge in [-0.15, -0.1) is 0 Å². The minimum absolute atomic E-state index is 0.254. The van der Waals surface area contributed by atoms with Crippen LogP contribution in [0.1, 0.15) is 37.7 Å². The molecule has 2 bridgehead atoms. The van der Waals surface area contributed by atoms with Gasteiger partial charge in [-0.25, -0.2) is 4.39 Å². The molecule has 0 heterocycles. The molecule has 2 aliphatic rings. The molecule has 0 saturated heterocycles. The van der Waals surface area contributed by atoms with Crippen molar-refractivity contribution in [3.8, 4) is 0 Å². The summed E-state index contributed by atoms with van der Waals surface area (Å²) < 4.78 is 13.8. The number of halogens is 2. The third kappa shape index (κ3) is 2.76. The first-order valence-electron chi connectivity index (χ1n) is 7.08. The molecule has 1 aromatic carbocycles. The van der Waals surface area contributed by atoms with Gasteiger partial charge in [-0.2, -0.15) is 0 Å². The highest BCUT2D eigenvalue weighted by Gasteiger charge is 2.39. The van der Waals surface area contributed by atoms with Crippen molar-refractivity contribution in [1.82, 2.24) is 0 Å². The van der Waals surface area contributed by atoms with E-state index in [0.29, 0.717) is 23.2 Å². The zero-order valence-corrected chi connectivity index (χ0v) is 12.5. The van der Waals surface area contributed by atoms with E-state index in [9.17, 15) is 9.18 Å². The summed E-state index contributed by atoms with van der Waals surface area (Å²) in [5, 5.41) is 0. The maximum Gasteiger partial charge on any atom is 0.137 e. The fourth-order valence-corrected chi connectivity index (χ4v) is 4.29. The van der Waals surface area contributed by atoms with Gasteiger partial charge in [0.2, 0.25) is 0 Å². The van der Waals surface area contributed by atoms with Crippen LogP contribution < -0.4 is 0 Å². The Morgan fingerprint density at radius 1 is 1.32 bits per heavy atom. The van der Waals surface area contributed by atoms with E-state index < -0.39 is 0 Å². The van der Waals surface area contributed by atoms with Gasteiger partial charge in [-0.05, 0) is 64.6 Å². The van der Waals surface area contributed by atoms with Gasteiger partial charge >= 0.3 is 0 Å². The van der Waals surface area contributed by atoms with Crippen LogP contribution in [0.15, 0.2) is 22.7 Å². The molecular weight excluding hydrogens is 307 g/mol. The van der Waals surface area contributed by atoms with Crippen molar-refractivity contribution < 1.29 is 9.18 Å². The highest BCUT2D eigenvalue weighted by molar-refractivity contribution is 9.10. The van der Waals surface area contributed by atoms with Crippen molar-refractivity contribution in [3.05, 3.63) is 34.1 Å². The molecule has 3 rings (SSSR count). The first-order chi connectivity index (χ1) is 9.13. The van der Waals surface area contributed by atoms with Gasteiger partial charge in [-0.1, -0.05) is 18.6 Å². The van der Waals surface area contributed by atoms with Crippen molar-refractivity contribution >= 4 is 21.7 Å². The summed E-state index contributed by atoms with van der Waals surface area (Å²) >= 11 is 3.23. The lowest BCUT2D eigenvalue weighted by atomic mass is 9.84. The maximum absolute atomic E-state index is 13.4. The smallest absolute Gasteiger partial charge is 0.137 e. The van der Waals surface area contributed by atoms with E-state index in [1.807, 2.05) is 6.07 Å². The minimum Gasteiger partial charge on any atom is -0.299 e. The zero-order valence-electron chi connectivity index (χ0n) is 10.9. The second-order valence-electron chi connectivity index (χ2n) is 6.07. The summed E-state index contributed by atoms with van der Waals surface area (Å²) in [5.74, 6) is 2.22. The lowest BCUT2D eigenvalue weighted by Crippen LogP contribution is -2.16. The van der Waals surface area contributed by atoms with Gasteiger partial charge in [0.25, 0.3) is 0 Å². The molecule has 1 nitrogen and oxygen atoms in total. The molecule has 3 heteroatoms. The number of fused-ring (bicyclic) bond motifs is 2. The van der Waals surface area contributed by atoms with Gasteiger partial charge in [0.1, 0.15) is 11.6 Å². The van der Waals surface area contributed by atoms with Crippen LogP contribution in [-0.4, -0.2) is 5.78 Å². The Bertz CT molecular complexity index is 500. The lowest BCUT2D eigenvalue weighted by Gasteiger charge is -2.20. The van der Waals surface area contributed by atoms with Crippen molar-refractivity contribution in [2.75, 3.05) is 0 Å². The normalized spacial score (nSPS) is 28.8. The number of carbonyl (C=O) groups is 1. The van der Waals surface area contributed by atoms with Gasteiger partial charge in [0.05, 0.1) is 4.47 Å². The van der Waals surface area contributed by atoms with E-state index in [-0.39, 0.29) is 11.6 Å². The highest BCUT2D eigenvalue weighted by Crippen LogP contribution is 2.49. The van der Waals surface area contributed by atoms with Crippen LogP contribution in [0.4, 0.5) is 4.39 Å². The van der Waals surface area contributed by atoms with Gasteiger partial charge in [0.15, 0.2) is 0 Å². The summed E-state index contributed by atoms with van der Waals surface area (Å²) in [4.78, 5) is 12.2. The van der Waals surface area contributed by atoms with Gasteiger partial charge in [0, 0.05) is 12.8 Å². The van der Waals surface area contributed by atoms with E-state index in [1.165, 1.54) is 31.7 Å². The molecule has 19 heavy (non-hydrogen) atoms. The molecule has 3 atom stereocenters. The average Bonchev–Trinajstić information content (AvgIpc) is 2.97. The molecule has 102 valence electrons. The predicted octanol–water partition coefficient (Wildman–Crippen LogP) is 4.53. The number of benzene rings is 1. The number of carbonyl (C=O) groups excluding carboxylic acids is 1. The van der Waals surface area contributed by atoms with E-state index in [1.54, 1.807) is 6.07 Å². The molecule has 0 spiro atoms.